The largest absolute Gasteiger partial charge is 0.309 e. The van der Waals surface area contributed by atoms with Crippen LogP contribution >= 0.6 is 0 Å². The van der Waals surface area contributed by atoms with Crippen LogP contribution in [0.1, 0.15) is 13.3 Å². The molecule has 1 amide bonds. The van der Waals surface area contributed by atoms with Crippen molar-refractivity contribution >= 4 is 5.91 Å². The number of nitrogens with one attached hydrogen (secondary N) is 1. The van der Waals surface area contributed by atoms with E-state index < -0.39 is 0 Å². The molecule has 55 valence electrons. The fourth-order valence-corrected chi connectivity index (χ4v) is 0.876. The van der Waals surface area contributed by atoms with Gasteiger partial charge in [0.1, 0.15) is 5.91 Å². The molecule has 1 aliphatic heterocycles. The number of hydrazine groups is 1. The molecule has 1 saturated heterocycles. The Kier molecular flexibility index (Phi) is 4.49. The number of amides is 1. The molecule has 3 nitrogen and oxygen atoms in total. The topological polar surface area (TPSA) is 32.3 Å². The number of rotatable bonds is 0. The second-order valence-corrected chi connectivity index (χ2v) is 2.30. The van der Waals surface area contributed by atoms with Crippen LogP contribution in [0.2, 0.25) is 0 Å². The molecule has 0 aromatic heterocycles. The first-order valence-corrected chi connectivity index (χ1v) is 3.06. The van der Waals surface area contributed by atoms with Crippen LogP contribution < -0.4 is 5.43 Å². The van der Waals surface area contributed by atoms with Crippen molar-refractivity contribution in [3.63, 3.8) is 0 Å². The van der Waals surface area contributed by atoms with Crippen molar-refractivity contribution in [2.45, 2.75) is 13.3 Å². The zero-order valence-corrected chi connectivity index (χ0v) is 9.19. The summed E-state index contributed by atoms with van der Waals surface area (Å²) in [5.74, 6) is 1.05. The Bertz CT molecular complexity index is 117. The molecule has 0 spiro atoms. The molecule has 4 heteroatoms. The SMILES string of the molecule is C[C-]1CCNN(C)C1=O.[Y]. The molecule has 0 unspecified atom stereocenters. The summed E-state index contributed by atoms with van der Waals surface area (Å²) < 4.78 is 0. The Morgan fingerprint density at radius 1 is 1.70 bits per heavy atom. The summed E-state index contributed by atoms with van der Waals surface area (Å²) in [5.41, 5.74) is 2.93. The summed E-state index contributed by atoms with van der Waals surface area (Å²) in [7, 11) is 1.74. The van der Waals surface area contributed by atoms with Crippen LogP contribution in [0, 0.1) is 5.92 Å². The van der Waals surface area contributed by atoms with Crippen LogP contribution in [0.4, 0.5) is 0 Å². The maximum atomic E-state index is 11.0. The Hall–Kier alpha value is 0.404. The van der Waals surface area contributed by atoms with E-state index in [1.807, 2.05) is 6.92 Å². The molecular weight excluding hydrogens is 205 g/mol. The van der Waals surface area contributed by atoms with Crippen molar-refractivity contribution in [3.05, 3.63) is 5.92 Å². The van der Waals surface area contributed by atoms with Crippen LogP contribution in [0.15, 0.2) is 0 Å². The average molecular weight is 216 g/mol. The Labute approximate surface area is 86.4 Å². The molecule has 0 aromatic rings. The van der Waals surface area contributed by atoms with E-state index in [0.29, 0.717) is 0 Å². The number of hydrogen-bond acceptors (Lipinski definition) is 2. The number of nitrogens with zero attached hydrogens (tertiary/aromatic N) is 1. The van der Waals surface area contributed by atoms with Crippen molar-refractivity contribution in [2.75, 3.05) is 13.6 Å². The second-order valence-electron chi connectivity index (χ2n) is 2.30. The van der Waals surface area contributed by atoms with Crippen molar-refractivity contribution in [2.24, 2.45) is 0 Å². The third-order valence-electron chi connectivity index (χ3n) is 1.52. The first-order chi connectivity index (χ1) is 4.22. The third kappa shape index (κ3) is 2.22. The Morgan fingerprint density at radius 2 is 2.30 bits per heavy atom. The second kappa shape index (κ2) is 4.32. The Morgan fingerprint density at radius 3 is 2.70 bits per heavy atom. The first-order valence-electron chi connectivity index (χ1n) is 3.06. The summed E-state index contributed by atoms with van der Waals surface area (Å²) in [6, 6.07) is 0. The van der Waals surface area contributed by atoms with E-state index in [9.17, 15) is 4.79 Å². The van der Waals surface area contributed by atoms with Gasteiger partial charge < -0.3 is 9.80 Å². The summed E-state index contributed by atoms with van der Waals surface area (Å²) in [6.07, 6.45) is 0.878. The van der Waals surface area contributed by atoms with Gasteiger partial charge in [-0.05, 0) is 6.54 Å². The molecule has 1 rings (SSSR count). The molecule has 0 atom stereocenters. The van der Waals surface area contributed by atoms with Crippen molar-refractivity contribution in [1.29, 1.82) is 0 Å². The molecule has 0 saturated carbocycles. The van der Waals surface area contributed by atoms with Crippen molar-refractivity contribution < 1.29 is 37.5 Å². The van der Waals surface area contributed by atoms with E-state index in [1.165, 1.54) is 5.01 Å². The van der Waals surface area contributed by atoms with E-state index in [1.54, 1.807) is 7.05 Å². The summed E-state index contributed by atoms with van der Waals surface area (Å²) in [6.45, 7) is 2.76. The van der Waals surface area contributed by atoms with E-state index in [2.05, 4.69) is 5.43 Å². The standard InChI is InChI=1S/C6H11N2O.Y/c1-5-3-4-7-8(2)6(5)9;/h7H,3-4H2,1-2H3;/q-1;. The van der Waals surface area contributed by atoms with Gasteiger partial charge in [-0.15, -0.1) is 6.42 Å². The van der Waals surface area contributed by atoms with E-state index >= 15 is 0 Å². The van der Waals surface area contributed by atoms with Gasteiger partial charge >= 0.3 is 0 Å². The summed E-state index contributed by atoms with van der Waals surface area (Å²) >= 11 is 0. The zero-order valence-electron chi connectivity index (χ0n) is 6.35. The van der Waals surface area contributed by atoms with Gasteiger partial charge in [-0.3, -0.25) is 5.92 Å². The number of carbonyl (C=O) groups is 1. The summed E-state index contributed by atoms with van der Waals surface area (Å²) in [4.78, 5) is 11.0. The molecule has 10 heavy (non-hydrogen) atoms. The minimum atomic E-state index is 0. The third-order valence-corrected chi connectivity index (χ3v) is 1.52. The van der Waals surface area contributed by atoms with Gasteiger partial charge in [0, 0.05) is 39.8 Å². The maximum absolute atomic E-state index is 11.0. The number of carbonyl (C=O) groups excluding carboxylic acids is 1. The van der Waals surface area contributed by atoms with E-state index in [-0.39, 0.29) is 38.6 Å². The van der Waals surface area contributed by atoms with Crippen LogP contribution in [-0.2, 0) is 37.5 Å². The summed E-state index contributed by atoms with van der Waals surface area (Å²) in [5, 5.41) is 1.53. The minimum absolute atomic E-state index is 0. The van der Waals surface area contributed by atoms with E-state index in [4.69, 9.17) is 0 Å². The maximum Gasteiger partial charge on any atom is 0.102 e. The monoisotopic (exact) mass is 216 g/mol. The Balaban J connectivity index is 0.000000810. The molecule has 1 fully saturated rings. The van der Waals surface area contributed by atoms with Crippen molar-refractivity contribution in [1.82, 2.24) is 10.4 Å². The van der Waals surface area contributed by atoms with Gasteiger partial charge in [-0.25, -0.2) is 5.43 Å². The molecule has 1 aliphatic rings. The normalized spacial score (nSPS) is 18.8. The molecule has 0 aliphatic carbocycles. The van der Waals surface area contributed by atoms with Gasteiger partial charge in [0.05, 0.1) is 0 Å². The van der Waals surface area contributed by atoms with Gasteiger partial charge in [0.15, 0.2) is 0 Å². The van der Waals surface area contributed by atoms with E-state index in [0.717, 1.165) is 18.9 Å². The van der Waals surface area contributed by atoms with Gasteiger partial charge in [0.2, 0.25) is 0 Å². The quantitative estimate of drug-likeness (QED) is 0.575. The average Bonchev–Trinajstić information content (AvgIpc) is 1.83. The zero-order chi connectivity index (χ0) is 6.85. The predicted molar refractivity (Wildman–Crippen MR) is 34.3 cm³/mol. The fourth-order valence-electron chi connectivity index (χ4n) is 0.876. The molecule has 1 heterocycles. The molecule has 0 bridgehead atoms. The van der Waals surface area contributed by atoms with Crippen molar-refractivity contribution in [3.8, 4) is 0 Å². The molecular formula is C6H11N2OY-. The van der Waals surface area contributed by atoms with Gasteiger partial charge in [0.25, 0.3) is 0 Å². The van der Waals surface area contributed by atoms with Crippen LogP contribution in [0.3, 0.4) is 0 Å². The number of hydrogen-bond donors (Lipinski definition) is 1. The van der Waals surface area contributed by atoms with Gasteiger partial charge in [-0.2, -0.15) is 6.92 Å². The molecule has 1 N–H and O–H groups in total. The fraction of sp³-hybridized carbons (Fsp3) is 0.667. The van der Waals surface area contributed by atoms with Crippen LogP contribution in [0.5, 0.6) is 0 Å². The predicted octanol–water partition coefficient (Wildman–Crippen LogP) is -0.0550. The van der Waals surface area contributed by atoms with Crippen LogP contribution in [-0.4, -0.2) is 24.5 Å². The molecule has 0 aromatic carbocycles. The smallest absolute Gasteiger partial charge is 0.102 e. The van der Waals surface area contributed by atoms with Gasteiger partial charge in [-0.1, -0.05) is 0 Å². The first kappa shape index (κ1) is 10.4. The molecule has 1 radical (unpaired) electrons. The minimum Gasteiger partial charge on any atom is -0.309 e. The van der Waals surface area contributed by atoms with Crippen LogP contribution in [0.25, 0.3) is 0 Å².